The van der Waals surface area contributed by atoms with Gasteiger partial charge in [-0.25, -0.2) is 4.98 Å². The van der Waals surface area contributed by atoms with Gasteiger partial charge in [0.1, 0.15) is 0 Å². The molecule has 0 fully saturated rings. The second-order valence-corrected chi connectivity index (χ2v) is 8.94. The first kappa shape index (κ1) is 21.1. The highest BCUT2D eigenvalue weighted by Crippen LogP contribution is 2.33. The first-order valence-corrected chi connectivity index (χ1v) is 10.6. The van der Waals surface area contributed by atoms with Crippen LogP contribution in [0.25, 0.3) is 10.2 Å². The fraction of sp³-hybridized carbons (Fsp3) is 0.333. The van der Waals surface area contributed by atoms with E-state index in [2.05, 4.69) is 30.9 Å². The summed E-state index contributed by atoms with van der Waals surface area (Å²) in [4.78, 5) is 22.0. The zero-order chi connectivity index (χ0) is 20.4. The minimum Gasteiger partial charge on any atom is -0.309 e. The van der Waals surface area contributed by atoms with Crippen LogP contribution in [0.5, 0.6) is 0 Å². The minimum atomic E-state index is -0.181. The average molecular weight is 436 g/mol. The van der Waals surface area contributed by atoms with Crippen LogP contribution >= 0.6 is 34.5 Å². The van der Waals surface area contributed by atoms with Gasteiger partial charge in [-0.3, -0.25) is 9.69 Å². The van der Waals surface area contributed by atoms with Crippen molar-refractivity contribution in [3.63, 3.8) is 0 Å². The standard InChI is InChI=1S/C21H23Cl2N3OS/c1-13-6-9-18-19(14(13)2)24-21(28-18)26(11-5-10-25(3)4)20(27)16-12-15(22)7-8-17(16)23/h6-9,12H,5,10-11H2,1-4H3. The highest BCUT2D eigenvalue weighted by atomic mass is 35.5. The summed E-state index contributed by atoms with van der Waals surface area (Å²) in [6.07, 6.45) is 0.824. The van der Waals surface area contributed by atoms with Gasteiger partial charge in [0.2, 0.25) is 0 Å². The van der Waals surface area contributed by atoms with Gasteiger partial charge in [-0.1, -0.05) is 40.6 Å². The Morgan fingerprint density at radius 3 is 2.57 bits per heavy atom. The molecule has 1 amide bonds. The molecule has 0 aliphatic rings. The van der Waals surface area contributed by atoms with Crippen LogP contribution in [0.1, 0.15) is 27.9 Å². The molecule has 3 rings (SSSR count). The lowest BCUT2D eigenvalue weighted by Gasteiger charge is -2.21. The van der Waals surface area contributed by atoms with Gasteiger partial charge in [0.05, 0.1) is 20.8 Å². The van der Waals surface area contributed by atoms with E-state index in [-0.39, 0.29) is 5.91 Å². The Hall–Kier alpha value is -1.66. The molecule has 7 heteroatoms. The highest BCUT2D eigenvalue weighted by molar-refractivity contribution is 7.22. The van der Waals surface area contributed by atoms with Gasteiger partial charge < -0.3 is 4.90 Å². The smallest absolute Gasteiger partial charge is 0.261 e. The van der Waals surface area contributed by atoms with E-state index in [9.17, 15) is 4.79 Å². The first-order valence-electron chi connectivity index (χ1n) is 9.06. The number of benzene rings is 2. The number of rotatable bonds is 6. The zero-order valence-corrected chi connectivity index (χ0v) is 18.8. The maximum absolute atomic E-state index is 13.4. The van der Waals surface area contributed by atoms with Gasteiger partial charge in [0.15, 0.2) is 5.13 Å². The van der Waals surface area contributed by atoms with Crippen LogP contribution in [0, 0.1) is 13.8 Å². The van der Waals surface area contributed by atoms with Gasteiger partial charge in [-0.2, -0.15) is 0 Å². The molecule has 0 aliphatic carbocycles. The molecule has 0 unspecified atom stereocenters. The number of aryl methyl sites for hydroxylation is 2. The van der Waals surface area contributed by atoms with E-state index < -0.39 is 0 Å². The SMILES string of the molecule is Cc1ccc2sc(N(CCCN(C)C)C(=O)c3cc(Cl)ccc3Cl)nc2c1C. The minimum absolute atomic E-state index is 0.181. The van der Waals surface area contributed by atoms with E-state index in [1.807, 2.05) is 14.1 Å². The van der Waals surface area contributed by atoms with E-state index in [0.29, 0.717) is 27.3 Å². The van der Waals surface area contributed by atoms with Gasteiger partial charge in [0.25, 0.3) is 5.91 Å². The number of hydrogen-bond acceptors (Lipinski definition) is 4. The van der Waals surface area contributed by atoms with Crippen molar-refractivity contribution in [2.45, 2.75) is 20.3 Å². The van der Waals surface area contributed by atoms with Crippen LogP contribution in [0.3, 0.4) is 0 Å². The quantitative estimate of drug-likeness (QED) is 0.489. The highest BCUT2D eigenvalue weighted by Gasteiger charge is 2.24. The molecule has 0 bridgehead atoms. The number of amides is 1. The number of nitrogens with zero attached hydrogens (tertiary/aromatic N) is 3. The normalized spacial score (nSPS) is 11.4. The number of carbonyl (C=O) groups is 1. The Morgan fingerprint density at radius 2 is 1.86 bits per heavy atom. The lowest BCUT2D eigenvalue weighted by Crippen LogP contribution is -2.33. The van der Waals surface area contributed by atoms with E-state index in [0.717, 1.165) is 28.7 Å². The lowest BCUT2D eigenvalue weighted by molar-refractivity contribution is 0.0986. The van der Waals surface area contributed by atoms with Crippen LogP contribution in [0.4, 0.5) is 5.13 Å². The number of halogens is 2. The Morgan fingerprint density at radius 1 is 1.11 bits per heavy atom. The summed E-state index contributed by atoms with van der Waals surface area (Å²) in [6.45, 7) is 5.56. The number of anilines is 1. The number of fused-ring (bicyclic) bond motifs is 1. The summed E-state index contributed by atoms with van der Waals surface area (Å²) >= 11 is 13.9. The second-order valence-electron chi connectivity index (χ2n) is 7.09. The first-order chi connectivity index (χ1) is 13.3. The molecule has 0 aliphatic heterocycles. The fourth-order valence-electron chi connectivity index (χ4n) is 2.97. The Balaban J connectivity index is 2.02. The lowest BCUT2D eigenvalue weighted by atomic mass is 10.1. The molecular weight excluding hydrogens is 413 g/mol. The van der Waals surface area contributed by atoms with Crippen molar-refractivity contribution >= 4 is 55.8 Å². The molecule has 2 aromatic carbocycles. The number of thiazole rings is 1. The molecule has 0 radical (unpaired) electrons. The molecule has 4 nitrogen and oxygen atoms in total. The molecule has 3 aromatic rings. The molecule has 0 atom stereocenters. The summed E-state index contributed by atoms with van der Waals surface area (Å²) in [7, 11) is 4.04. The van der Waals surface area contributed by atoms with E-state index in [4.69, 9.17) is 28.2 Å². The Bertz CT molecular complexity index is 1020. The molecule has 0 saturated carbocycles. The van der Waals surface area contributed by atoms with Crippen molar-refractivity contribution in [3.05, 3.63) is 57.1 Å². The van der Waals surface area contributed by atoms with Gasteiger partial charge in [-0.15, -0.1) is 0 Å². The van der Waals surface area contributed by atoms with Crippen LogP contribution in [0.15, 0.2) is 30.3 Å². The van der Waals surface area contributed by atoms with Gasteiger partial charge in [0, 0.05) is 11.6 Å². The molecule has 0 saturated heterocycles. The number of hydrogen-bond donors (Lipinski definition) is 0. The summed E-state index contributed by atoms with van der Waals surface area (Å²) < 4.78 is 1.07. The maximum atomic E-state index is 13.4. The topological polar surface area (TPSA) is 36.4 Å². The monoisotopic (exact) mass is 435 g/mol. The van der Waals surface area contributed by atoms with Crippen molar-refractivity contribution in [2.24, 2.45) is 0 Å². The van der Waals surface area contributed by atoms with Crippen molar-refractivity contribution in [2.75, 3.05) is 32.1 Å². The summed E-state index contributed by atoms with van der Waals surface area (Å²) in [5.41, 5.74) is 3.67. The number of aromatic nitrogens is 1. The third kappa shape index (κ3) is 4.49. The summed E-state index contributed by atoms with van der Waals surface area (Å²) in [5.74, 6) is -0.181. The second kappa shape index (κ2) is 8.78. The van der Waals surface area contributed by atoms with E-state index in [1.165, 1.54) is 16.9 Å². The molecule has 0 spiro atoms. The predicted molar refractivity (Wildman–Crippen MR) is 120 cm³/mol. The average Bonchev–Trinajstić information content (AvgIpc) is 3.08. The van der Waals surface area contributed by atoms with Crippen LogP contribution in [0.2, 0.25) is 10.0 Å². The summed E-state index contributed by atoms with van der Waals surface area (Å²) in [6, 6.07) is 9.11. The van der Waals surface area contributed by atoms with Crippen molar-refractivity contribution < 1.29 is 4.79 Å². The molecule has 28 heavy (non-hydrogen) atoms. The van der Waals surface area contributed by atoms with Crippen LogP contribution in [-0.2, 0) is 0 Å². The fourth-order valence-corrected chi connectivity index (χ4v) is 4.39. The number of carbonyl (C=O) groups excluding carboxylic acids is 1. The van der Waals surface area contributed by atoms with Crippen LogP contribution in [-0.4, -0.2) is 43.0 Å². The summed E-state index contributed by atoms with van der Waals surface area (Å²) in [5, 5.41) is 1.56. The van der Waals surface area contributed by atoms with Crippen molar-refractivity contribution in [1.82, 2.24) is 9.88 Å². The molecule has 148 valence electrons. The van der Waals surface area contributed by atoms with Gasteiger partial charge >= 0.3 is 0 Å². The molecule has 1 heterocycles. The van der Waals surface area contributed by atoms with Crippen molar-refractivity contribution in [1.29, 1.82) is 0 Å². The largest absolute Gasteiger partial charge is 0.309 e. The van der Waals surface area contributed by atoms with Crippen molar-refractivity contribution in [3.8, 4) is 0 Å². The third-order valence-electron chi connectivity index (χ3n) is 4.70. The zero-order valence-electron chi connectivity index (χ0n) is 16.4. The maximum Gasteiger partial charge on any atom is 0.261 e. The van der Waals surface area contributed by atoms with Crippen LogP contribution < -0.4 is 4.90 Å². The molecular formula is C21H23Cl2N3OS. The van der Waals surface area contributed by atoms with Gasteiger partial charge in [-0.05, 0) is 76.3 Å². The molecule has 1 aromatic heterocycles. The Labute approximate surface area is 179 Å². The predicted octanol–water partition coefficient (Wildman–Crippen LogP) is 5.82. The molecule has 0 N–H and O–H groups in total. The van der Waals surface area contributed by atoms with E-state index >= 15 is 0 Å². The third-order valence-corrected chi connectivity index (χ3v) is 6.30. The Kier molecular flexibility index (Phi) is 6.61. The van der Waals surface area contributed by atoms with E-state index in [1.54, 1.807) is 23.1 Å².